The summed E-state index contributed by atoms with van der Waals surface area (Å²) in [6, 6.07) is 0. The molecule has 0 saturated carbocycles. The first-order valence-electron chi connectivity index (χ1n) is 4.65. The molecule has 1 rings (SSSR count). The monoisotopic (exact) mass is 245 g/mol. The minimum atomic E-state index is 0.924. The van der Waals surface area contributed by atoms with Crippen LogP contribution in [0.4, 0.5) is 0 Å². The Morgan fingerprint density at radius 2 is 2.46 bits per heavy atom. The van der Waals surface area contributed by atoms with Crippen molar-refractivity contribution in [2.75, 3.05) is 11.9 Å². The van der Waals surface area contributed by atoms with E-state index >= 15 is 0 Å². The van der Waals surface area contributed by atoms with Crippen LogP contribution < -0.4 is 5.32 Å². The van der Waals surface area contributed by atoms with E-state index in [-0.39, 0.29) is 0 Å². The molecule has 1 aromatic heterocycles. The van der Waals surface area contributed by atoms with E-state index in [0.717, 1.165) is 25.0 Å². The molecule has 0 aromatic carbocycles. The molecule has 1 N–H and O–H groups in total. The van der Waals surface area contributed by atoms with Gasteiger partial charge < -0.3 is 5.32 Å². The van der Waals surface area contributed by atoms with Crippen molar-refractivity contribution in [2.24, 2.45) is 0 Å². The summed E-state index contributed by atoms with van der Waals surface area (Å²) in [5.41, 5.74) is 1.26. The summed E-state index contributed by atoms with van der Waals surface area (Å²) in [5.74, 6) is 0. The lowest BCUT2D eigenvalue weighted by Gasteiger charge is -1.99. The molecule has 1 aromatic rings. The molecule has 0 bridgehead atoms. The zero-order chi connectivity index (χ0) is 9.52. The highest BCUT2D eigenvalue weighted by Crippen LogP contribution is 1.96. The molecule has 1 heterocycles. The van der Waals surface area contributed by atoms with E-state index in [1.807, 2.05) is 10.9 Å². The van der Waals surface area contributed by atoms with Gasteiger partial charge in [-0.15, -0.1) is 0 Å². The number of aromatic nitrogens is 2. The number of aryl methyl sites for hydroxylation is 1. The summed E-state index contributed by atoms with van der Waals surface area (Å²) in [6.07, 6.45) is 5.17. The van der Waals surface area contributed by atoms with Crippen molar-refractivity contribution in [1.82, 2.24) is 15.1 Å². The van der Waals surface area contributed by atoms with Crippen LogP contribution >= 0.6 is 15.9 Å². The SMILES string of the molecule is CCn1cc(CNCCCBr)cn1. The van der Waals surface area contributed by atoms with Crippen molar-refractivity contribution in [3.05, 3.63) is 18.0 Å². The molecule has 0 amide bonds. The van der Waals surface area contributed by atoms with E-state index in [2.05, 4.69) is 39.5 Å². The van der Waals surface area contributed by atoms with Crippen LogP contribution in [0.2, 0.25) is 0 Å². The van der Waals surface area contributed by atoms with Gasteiger partial charge in [0.15, 0.2) is 0 Å². The average Bonchev–Trinajstić information content (AvgIpc) is 2.60. The average molecular weight is 246 g/mol. The summed E-state index contributed by atoms with van der Waals surface area (Å²) in [5, 5.41) is 8.62. The Kier molecular flexibility index (Phi) is 5.08. The molecule has 3 nitrogen and oxygen atoms in total. The van der Waals surface area contributed by atoms with Crippen LogP contribution in [-0.4, -0.2) is 21.7 Å². The number of nitrogens with zero attached hydrogens (tertiary/aromatic N) is 2. The van der Waals surface area contributed by atoms with Gasteiger partial charge in [-0.1, -0.05) is 15.9 Å². The summed E-state index contributed by atoms with van der Waals surface area (Å²) in [7, 11) is 0. The fraction of sp³-hybridized carbons (Fsp3) is 0.667. The summed E-state index contributed by atoms with van der Waals surface area (Å²) < 4.78 is 1.95. The highest BCUT2D eigenvalue weighted by molar-refractivity contribution is 9.09. The Morgan fingerprint density at radius 1 is 1.62 bits per heavy atom. The lowest BCUT2D eigenvalue weighted by molar-refractivity contribution is 0.654. The first-order chi connectivity index (χ1) is 6.36. The minimum Gasteiger partial charge on any atom is -0.313 e. The van der Waals surface area contributed by atoms with E-state index in [4.69, 9.17) is 0 Å². The van der Waals surface area contributed by atoms with Crippen molar-refractivity contribution in [1.29, 1.82) is 0 Å². The molecule has 0 aliphatic rings. The number of hydrogen-bond acceptors (Lipinski definition) is 2. The van der Waals surface area contributed by atoms with E-state index in [1.54, 1.807) is 0 Å². The Labute approximate surface area is 87.6 Å². The lowest BCUT2D eigenvalue weighted by atomic mass is 10.3. The van der Waals surface area contributed by atoms with Gasteiger partial charge in [0.1, 0.15) is 0 Å². The largest absolute Gasteiger partial charge is 0.313 e. The van der Waals surface area contributed by atoms with Crippen LogP contribution in [-0.2, 0) is 13.1 Å². The van der Waals surface area contributed by atoms with E-state index < -0.39 is 0 Å². The predicted molar refractivity (Wildman–Crippen MR) is 58.0 cm³/mol. The quantitative estimate of drug-likeness (QED) is 0.612. The molecule has 0 radical (unpaired) electrons. The molecule has 0 spiro atoms. The van der Waals surface area contributed by atoms with Gasteiger partial charge in [0.25, 0.3) is 0 Å². The van der Waals surface area contributed by atoms with Crippen LogP contribution in [0.15, 0.2) is 12.4 Å². The molecule has 0 saturated heterocycles. The van der Waals surface area contributed by atoms with Gasteiger partial charge in [0.2, 0.25) is 0 Å². The van der Waals surface area contributed by atoms with E-state index in [0.29, 0.717) is 0 Å². The second-order valence-electron chi connectivity index (χ2n) is 2.92. The highest BCUT2D eigenvalue weighted by atomic mass is 79.9. The number of halogens is 1. The fourth-order valence-electron chi connectivity index (χ4n) is 1.10. The zero-order valence-electron chi connectivity index (χ0n) is 7.96. The standard InChI is InChI=1S/C9H16BrN3/c1-2-13-8-9(7-12-13)6-11-5-3-4-10/h7-8,11H,2-6H2,1H3. The molecule has 0 aliphatic carbocycles. The van der Waals surface area contributed by atoms with Gasteiger partial charge in [-0.3, -0.25) is 4.68 Å². The maximum atomic E-state index is 4.20. The van der Waals surface area contributed by atoms with Crippen molar-refractivity contribution in [2.45, 2.75) is 26.4 Å². The van der Waals surface area contributed by atoms with Crippen LogP contribution in [0.1, 0.15) is 18.9 Å². The van der Waals surface area contributed by atoms with Crippen molar-refractivity contribution >= 4 is 15.9 Å². The third kappa shape index (κ3) is 3.91. The van der Waals surface area contributed by atoms with Gasteiger partial charge in [-0.05, 0) is 19.9 Å². The van der Waals surface area contributed by atoms with Crippen LogP contribution in [0, 0.1) is 0 Å². The molecule has 74 valence electrons. The molecule has 4 heteroatoms. The van der Waals surface area contributed by atoms with E-state index in [9.17, 15) is 0 Å². The molecule has 0 atom stereocenters. The molecular formula is C9H16BrN3. The second kappa shape index (κ2) is 6.16. The second-order valence-corrected chi connectivity index (χ2v) is 3.72. The molecule has 13 heavy (non-hydrogen) atoms. The predicted octanol–water partition coefficient (Wildman–Crippen LogP) is 1.78. The van der Waals surface area contributed by atoms with E-state index in [1.165, 1.54) is 12.0 Å². The zero-order valence-corrected chi connectivity index (χ0v) is 9.55. The third-order valence-corrected chi connectivity index (χ3v) is 2.39. The smallest absolute Gasteiger partial charge is 0.0534 e. The van der Waals surface area contributed by atoms with Crippen molar-refractivity contribution in [3.8, 4) is 0 Å². The topological polar surface area (TPSA) is 29.9 Å². The molecule has 0 aliphatic heterocycles. The number of hydrogen-bond donors (Lipinski definition) is 1. The first-order valence-corrected chi connectivity index (χ1v) is 5.77. The Balaban J connectivity index is 2.20. The van der Waals surface area contributed by atoms with Crippen LogP contribution in [0.3, 0.4) is 0 Å². The molecular weight excluding hydrogens is 230 g/mol. The minimum absolute atomic E-state index is 0.924. The molecule has 0 fully saturated rings. The fourth-order valence-corrected chi connectivity index (χ4v) is 1.38. The number of nitrogens with one attached hydrogen (secondary N) is 1. The number of rotatable bonds is 6. The van der Waals surface area contributed by atoms with Crippen molar-refractivity contribution in [3.63, 3.8) is 0 Å². The maximum Gasteiger partial charge on any atom is 0.0534 e. The normalized spacial score (nSPS) is 10.6. The van der Waals surface area contributed by atoms with Gasteiger partial charge in [0, 0.05) is 30.2 Å². The Hall–Kier alpha value is -0.350. The molecule has 0 unspecified atom stereocenters. The van der Waals surface area contributed by atoms with Gasteiger partial charge >= 0.3 is 0 Å². The maximum absolute atomic E-state index is 4.20. The first kappa shape index (κ1) is 10.7. The van der Waals surface area contributed by atoms with Gasteiger partial charge in [0.05, 0.1) is 6.20 Å². The summed E-state index contributed by atoms with van der Waals surface area (Å²) in [6.45, 7) is 5.02. The number of alkyl halides is 1. The summed E-state index contributed by atoms with van der Waals surface area (Å²) in [4.78, 5) is 0. The van der Waals surface area contributed by atoms with Gasteiger partial charge in [-0.2, -0.15) is 5.10 Å². The lowest BCUT2D eigenvalue weighted by Crippen LogP contribution is -2.14. The highest BCUT2D eigenvalue weighted by Gasteiger charge is 1.95. The van der Waals surface area contributed by atoms with Crippen molar-refractivity contribution < 1.29 is 0 Å². The Morgan fingerprint density at radius 3 is 3.08 bits per heavy atom. The summed E-state index contributed by atoms with van der Waals surface area (Å²) >= 11 is 3.39. The van der Waals surface area contributed by atoms with Gasteiger partial charge in [-0.25, -0.2) is 0 Å². The van der Waals surface area contributed by atoms with Crippen LogP contribution in [0.5, 0.6) is 0 Å². The Bertz CT molecular complexity index is 235. The van der Waals surface area contributed by atoms with Crippen LogP contribution in [0.25, 0.3) is 0 Å². The third-order valence-electron chi connectivity index (χ3n) is 1.83.